The molecular formula is C12H12. The number of hydrogen-bond donors (Lipinski definition) is 0. The minimum atomic E-state index is 0.262. The molecule has 0 aromatic carbocycles. The van der Waals surface area contributed by atoms with Gasteiger partial charge in [0, 0.05) is 5.41 Å². The Bertz CT molecular complexity index is 384. The van der Waals surface area contributed by atoms with Crippen LogP contribution in [-0.2, 0) is 0 Å². The van der Waals surface area contributed by atoms with E-state index in [1.807, 2.05) is 0 Å². The lowest BCUT2D eigenvalue weighted by molar-refractivity contribution is 0.617. The zero-order valence-electron chi connectivity index (χ0n) is 7.52. The van der Waals surface area contributed by atoms with Crippen LogP contribution < -0.4 is 0 Å². The van der Waals surface area contributed by atoms with E-state index < -0.39 is 0 Å². The van der Waals surface area contributed by atoms with Crippen molar-refractivity contribution in [2.45, 2.75) is 20.3 Å². The van der Waals surface area contributed by atoms with Crippen LogP contribution >= 0.6 is 0 Å². The highest BCUT2D eigenvalue weighted by Crippen LogP contribution is 2.50. The second kappa shape index (κ2) is 1.66. The van der Waals surface area contributed by atoms with Gasteiger partial charge in [0.05, 0.1) is 0 Å². The zero-order valence-corrected chi connectivity index (χ0v) is 7.52. The SMILES string of the molecule is CC1(C)C=CC2=CC3=C(C3)C2=C1. The van der Waals surface area contributed by atoms with E-state index >= 15 is 0 Å². The predicted octanol–water partition coefficient (Wildman–Crippen LogP) is 3.15. The molecule has 0 aromatic heterocycles. The highest BCUT2D eigenvalue weighted by atomic mass is 14.4. The van der Waals surface area contributed by atoms with E-state index in [4.69, 9.17) is 0 Å². The summed E-state index contributed by atoms with van der Waals surface area (Å²) in [5.41, 5.74) is 6.38. The van der Waals surface area contributed by atoms with Crippen LogP contribution in [0.5, 0.6) is 0 Å². The molecule has 0 amide bonds. The van der Waals surface area contributed by atoms with Crippen LogP contribution in [0.25, 0.3) is 0 Å². The molecule has 0 saturated carbocycles. The molecule has 0 heteroatoms. The Balaban J connectivity index is 2.15. The molecule has 60 valence electrons. The summed E-state index contributed by atoms with van der Waals surface area (Å²) in [5, 5.41) is 0. The first kappa shape index (κ1) is 6.47. The van der Waals surface area contributed by atoms with Crippen molar-refractivity contribution in [3.63, 3.8) is 0 Å². The Labute approximate surface area is 73.0 Å². The molecule has 0 N–H and O–H groups in total. The summed E-state index contributed by atoms with van der Waals surface area (Å²) < 4.78 is 0. The van der Waals surface area contributed by atoms with Gasteiger partial charge in [-0.05, 0) is 28.7 Å². The van der Waals surface area contributed by atoms with Gasteiger partial charge in [0.2, 0.25) is 0 Å². The number of allylic oxidation sites excluding steroid dienone is 8. The van der Waals surface area contributed by atoms with Crippen LogP contribution in [0.15, 0.2) is 46.6 Å². The monoisotopic (exact) mass is 156 g/mol. The summed E-state index contributed by atoms with van der Waals surface area (Å²) >= 11 is 0. The molecule has 3 aliphatic carbocycles. The van der Waals surface area contributed by atoms with Crippen LogP contribution in [0.3, 0.4) is 0 Å². The van der Waals surface area contributed by atoms with E-state index in [1.165, 1.54) is 17.6 Å². The normalized spacial score (nSPS) is 27.8. The van der Waals surface area contributed by atoms with Crippen molar-refractivity contribution in [1.82, 2.24) is 0 Å². The minimum absolute atomic E-state index is 0.262. The third-order valence-electron chi connectivity index (χ3n) is 2.80. The maximum Gasteiger partial charge on any atom is 0.00170 e. The Morgan fingerprint density at radius 2 is 2.17 bits per heavy atom. The highest BCUT2D eigenvalue weighted by Gasteiger charge is 2.33. The third-order valence-corrected chi connectivity index (χ3v) is 2.80. The largest absolute Gasteiger partial charge is 0.0744 e. The van der Waals surface area contributed by atoms with Gasteiger partial charge >= 0.3 is 0 Å². The first-order chi connectivity index (χ1) is 5.66. The molecule has 0 saturated heterocycles. The van der Waals surface area contributed by atoms with Crippen molar-refractivity contribution in [2.24, 2.45) is 5.41 Å². The third kappa shape index (κ3) is 0.726. The van der Waals surface area contributed by atoms with Crippen molar-refractivity contribution in [1.29, 1.82) is 0 Å². The van der Waals surface area contributed by atoms with Crippen molar-refractivity contribution in [3.05, 3.63) is 46.6 Å². The summed E-state index contributed by atoms with van der Waals surface area (Å²) in [6.07, 6.45) is 10.5. The van der Waals surface area contributed by atoms with Crippen molar-refractivity contribution < 1.29 is 0 Å². The summed E-state index contributed by atoms with van der Waals surface area (Å²) in [6.45, 7) is 4.52. The lowest BCUT2D eigenvalue weighted by Crippen LogP contribution is -2.08. The van der Waals surface area contributed by atoms with Gasteiger partial charge in [0.1, 0.15) is 0 Å². The molecular weight excluding hydrogens is 144 g/mol. The lowest BCUT2D eigenvalue weighted by atomic mass is 9.83. The Morgan fingerprint density at radius 3 is 3.00 bits per heavy atom. The van der Waals surface area contributed by atoms with Gasteiger partial charge in [-0.1, -0.05) is 38.2 Å². The second-order valence-electron chi connectivity index (χ2n) is 4.49. The van der Waals surface area contributed by atoms with Crippen LogP contribution in [0.1, 0.15) is 20.3 Å². The maximum absolute atomic E-state index is 2.40. The summed E-state index contributed by atoms with van der Waals surface area (Å²) in [5.74, 6) is 0. The average Bonchev–Trinajstić information content (AvgIpc) is 2.67. The van der Waals surface area contributed by atoms with Crippen molar-refractivity contribution >= 4 is 0 Å². The summed E-state index contributed by atoms with van der Waals surface area (Å²) in [6, 6.07) is 0. The van der Waals surface area contributed by atoms with E-state index in [0.717, 1.165) is 0 Å². The molecule has 0 atom stereocenters. The van der Waals surface area contributed by atoms with Gasteiger partial charge < -0.3 is 0 Å². The van der Waals surface area contributed by atoms with Crippen LogP contribution in [-0.4, -0.2) is 0 Å². The van der Waals surface area contributed by atoms with Gasteiger partial charge in [-0.15, -0.1) is 0 Å². The molecule has 3 rings (SSSR count). The van der Waals surface area contributed by atoms with Crippen LogP contribution in [0, 0.1) is 5.41 Å². The maximum atomic E-state index is 2.40. The van der Waals surface area contributed by atoms with Gasteiger partial charge in [0.15, 0.2) is 0 Å². The summed E-state index contributed by atoms with van der Waals surface area (Å²) in [4.78, 5) is 0. The second-order valence-corrected chi connectivity index (χ2v) is 4.49. The Hall–Kier alpha value is -1.04. The fourth-order valence-electron chi connectivity index (χ4n) is 2.03. The van der Waals surface area contributed by atoms with Crippen molar-refractivity contribution in [2.75, 3.05) is 0 Å². The molecule has 0 fully saturated rings. The number of hydrogen-bond acceptors (Lipinski definition) is 0. The molecule has 0 nitrogen and oxygen atoms in total. The standard InChI is InChI=1S/C12H12/c1-12(2)4-3-8-5-9-6-10(9)11(8)7-12/h3-5,7H,6H2,1-2H3. The van der Waals surface area contributed by atoms with Crippen LogP contribution in [0.4, 0.5) is 0 Å². The van der Waals surface area contributed by atoms with Gasteiger partial charge in [0.25, 0.3) is 0 Å². The fourth-order valence-corrected chi connectivity index (χ4v) is 2.03. The molecule has 0 spiro atoms. The number of rotatable bonds is 0. The average molecular weight is 156 g/mol. The molecule has 12 heavy (non-hydrogen) atoms. The summed E-state index contributed by atoms with van der Waals surface area (Å²) in [7, 11) is 0. The van der Waals surface area contributed by atoms with E-state index in [9.17, 15) is 0 Å². The lowest BCUT2D eigenvalue weighted by Gasteiger charge is -2.22. The smallest absolute Gasteiger partial charge is 0.00170 e. The van der Waals surface area contributed by atoms with E-state index in [0.29, 0.717) is 0 Å². The molecule has 0 heterocycles. The van der Waals surface area contributed by atoms with Gasteiger partial charge in [-0.2, -0.15) is 0 Å². The first-order valence-electron chi connectivity index (χ1n) is 4.52. The Kier molecular flexibility index (Phi) is 0.894. The van der Waals surface area contributed by atoms with Crippen molar-refractivity contribution in [3.8, 4) is 0 Å². The van der Waals surface area contributed by atoms with Crippen LogP contribution in [0.2, 0.25) is 0 Å². The molecule has 0 radical (unpaired) electrons. The van der Waals surface area contributed by atoms with Gasteiger partial charge in [-0.25, -0.2) is 0 Å². The topological polar surface area (TPSA) is 0 Å². The minimum Gasteiger partial charge on any atom is -0.0744 e. The van der Waals surface area contributed by atoms with E-state index in [1.54, 1.807) is 11.1 Å². The molecule has 0 bridgehead atoms. The molecule has 3 aliphatic rings. The Morgan fingerprint density at radius 1 is 1.33 bits per heavy atom. The fraction of sp³-hybridized carbons (Fsp3) is 0.333. The zero-order chi connectivity index (χ0) is 8.34. The van der Waals surface area contributed by atoms with E-state index in [-0.39, 0.29) is 5.41 Å². The van der Waals surface area contributed by atoms with Gasteiger partial charge in [-0.3, -0.25) is 0 Å². The molecule has 0 unspecified atom stereocenters. The van der Waals surface area contributed by atoms with E-state index in [2.05, 4.69) is 38.2 Å². The number of fused-ring (bicyclic) bond motifs is 2. The predicted molar refractivity (Wildman–Crippen MR) is 50.7 cm³/mol. The highest BCUT2D eigenvalue weighted by molar-refractivity contribution is 5.73. The quantitative estimate of drug-likeness (QED) is 0.505. The molecule has 0 aliphatic heterocycles. The first-order valence-corrected chi connectivity index (χ1v) is 4.52. The molecule has 0 aromatic rings.